The Balaban J connectivity index is 1.90. The van der Waals surface area contributed by atoms with Crippen molar-refractivity contribution in [2.24, 2.45) is 11.8 Å². The van der Waals surface area contributed by atoms with Crippen LogP contribution >= 0.6 is 23.2 Å². The number of hydrogen-bond donors (Lipinski definition) is 1. The molecule has 3 atom stereocenters. The highest BCUT2D eigenvalue weighted by Gasteiger charge is 2.19. The molecule has 0 heterocycles. The molecule has 1 nitrogen and oxygen atoms in total. The van der Waals surface area contributed by atoms with Crippen LogP contribution in [-0.2, 0) is 0 Å². The Labute approximate surface area is 126 Å². The Morgan fingerprint density at radius 3 is 2.84 bits per heavy atom. The molecule has 3 unspecified atom stereocenters. The summed E-state index contributed by atoms with van der Waals surface area (Å²) in [7, 11) is 0. The Bertz CT molecular complexity index is 419. The van der Waals surface area contributed by atoms with Gasteiger partial charge in [0.1, 0.15) is 0 Å². The lowest BCUT2D eigenvalue weighted by Gasteiger charge is -2.28. The maximum Gasteiger partial charge on any atom is 0.0454 e. The highest BCUT2D eigenvalue weighted by atomic mass is 35.5. The summed E-state index contributed by atoms with van der Waals surface area (Å²) in [6, 6.07) is 5.93. The average molecular weight is 300 g/mol. The zero-order valence-corrected chi connectivity index (χ0v) is 13.3. The summed E-state index contributed by atoms with van der Waals surface area (Å²) >= 11 is 12.3. The van der Waals surface area contributed by atoms with Crippen molar-refractivity contribution in [3.8, 4) is 0 Å². The van der Waals surface area contributed by atoms with E-state index in [0.29, 0.717) is 0 Å². The fourth-order valence-corrected chi connectivity index (χ4v) is 3.51. The van der Waals surface area contributed by atoms with Crippen molar-refractivity contribution in [1.29, 1.82) is 0 Å². The van der Waals surface area contributed by atoms with E-state index in [1.807, 2.05) is 18.2 Å². The Morgan fingerprint density at radius 1 is 1.32 bits per heavy atom. The summed E-state index contributed by atoms with van der Waals surface area (Å²) in [6.45, 7) is 5.60. The monoisotopic (exact) mass is 299 g/mol. The minimum Gasteiger partial charge on any atom is -0.310 e. The second kappa shape index (κ2) is 6.97. The predicted molar refractivity (Wildman–Crippen MR) is 84.0 cm³/mol. The zero-order valence-electron chi connectivity index (χ0n) is 11.8. The zero-order chi connectivity index (χ0) is 13.8. The molecule has 1 fully saturated rings. The number of benzene rings is 1. The SMILES string of the molecule is CC1CCCC(CNC(C)c2cc(Cl)ccc2Cl)C1. The smallest absolute Gasteiger partial charge is 0.0454 e. The molecule has 106 valence electrons. The van der Waals surface area contributed by atoms with Crippen molar-refractivity contribution in [2.45, 2.75) is 45.6 Å². The minimum atomic E-state index is 0.253. The Morgan fingerprint density at radius 2 is 2.11 bits per heavy atom. The summed E-state index contributed by atoms with van der Waals surface area (Å²) < 4.78 is 0. The van der Waals surface area contributed by atoms with Crippen LogP contribution in [0.4, 0.5) is 0 Å². The lowest BCUT2D eigenvalue weighted by Crippen LogP contribution is -2.28. The van der Waals surface area contributed by atoms with Crippen molar-refractivity contribution in [3.05, 3.63) is 33.8 Å². The summed E-state index contributed by atoms with van der Waals surface area (Å²) in [4.78, 5) is 0. The van der Waals surface area contributed by atoms with Crippen LogP contribution in [-0.4, -0.2) is 6.54 Å². The van der Waals surface area contributed by atoms with Gasteiger partial charge in [-0.05, 0) is 61.9 Å². The van der Waals surface area contributed by atoms with Crippen LogP contribution in [0.25, 0.3) is 0 Å². The van der Waals surface area contributed by atoms with Crippen LogP contribution in [0.15, 0.2) is 18.2 Å². The van der Waals surface area contributed by atoms with Crippen molar-refractivity contribution in [3.63, 3.8) is 0 Å². The molecule has 0 bridgehead atoms. The maximum absolute atomic E-state index is 6.24. The molecule has 0 amide bonds. The van der Waals surface area contributed by atoms with Crippen molar-refractivity contribution < 1.29 is 0 Å². The van der Waals surface area contributed by atoms with Gasteiger partial charge >= 0.3 is 0 Å². The lowest BCUT2D eigenvalue weighted by molar-refractivity contribution is 0.268. The van der Waals surface area contributed by atoms with Gasteiger partial charge in [0.2, 0.25) is 0 Å². The van der Waals surface area contributed by atoms with Crippen LogP contribution in [0, 0.1) is 11.8 Å². The third kappa shape index (κ3) is 4.37. The van der Waals surface area contributed by atoms with E-state index in [1.54, 1.807) is 0 Å². The lowest BCUT2D eigenvalue weighted by atomic mass is 9.82. The summed E-state index contributed by atoms with van der Waals surface area (Å²) in [6.07, 6.45) is 5.47. The fraction of sp³-hybridized carbons (Fsp3) is 0.625. The molecular weight excluding hydrogens is 277 g/mol. The van der Waals surface area contributed by atoms with E-state index >= 15 is 0 Å². The molecule has 1 N–H and O–H groups in total. The van der Waals surface area contributed by atoms with Gasteiger partial charge in [-0.1, -0.05) is 43.0 Å². The number of halogens is 2. The molecule has 1 saturated carbocycles. The van der Waals surface area contributed by atoms with Gasteiger partial charge in [0.25, 0.3) is 0 Å². The first-order valence-corrected chi connectivity index (χ1v) is 8.00. The van der Waals surface area contributed by atoms with E-state index in [4.69, 9.17) is 23.2 Å². The summed E-state index contributed by atoms with van der Waals surface area (Å²) in [5.41, 5.74) is 1.10. The molecule has 1 aliphatic rings. The van der Waals surface area contributed by atoms with Gasteiger partial charge in [0.15, 0.2) is 0 Å². The molecule has 0 saturated heterocycles. The van der Waals surface area contributed by atoms with Crippen LogP contribution in [0.1, 0.15) is 51.1 Å². The standard InChI is InChI=1S/C16H23Cl2N/c1-11-4-3-5-13(8-11)10-19-12(2)15-9-14(17)6-7-16(15)18/h6-7,9,11-13,19H,3-5,8,10H2,1-2H3. The molecule has 19 heavy (non-hydrogen) atoms. The van der Waals surface area contributed by atoms with Gasteiger partial charge in [-0.2, -0.15) is 0 Å². The van der Waals surface area contributed by atoms with E-state index in [1.165, 1.54) is 25.7 Å². The molecule has 0 aliphatic heterocycles. The van der Waals surface area contributed by atoms with E-state index in [9.17, 15) is 0 Å². The van der Waals surface area contributed by atoms with Gasteiger partial charge in [-0.15, -0.1) is 0 Å². The topological polar surface area (TPSA) is 12.0 Å². The largest absolute Gasteiger partial charge is 0.310 e. The first-order valence-electron chi connectivity index (χ1n) is 7.24. The molecule has 1 aromatic carbocycles. The van der Waals surface area contributed by atoms with Crippen LogP contribution in [0.5, 0.6) is 0 Å². The highest BCUT2D eigenvalue weighted by molar-refractivity contribution is 6.33. The van der Waals surface area contributed by atoms with Gasteiger partial charge < -0.3 is 5.32 Å². The quantitative estimate of drug-likeness (QED) is 0.777. The minimum absolute atomic E-state index is 0.253. The summed E-state index contributed by atoms with van der Waals surface area (Å²) in [5, 5.41) is 5.16. The first-order chi connectivity index (χ1) is 9.06. The van der Waals surface area contributed by atoms with Crippen LogP contribution in [0.2, 0.25) is 10.0 Å². The van der Waals surface area contributed by atoms with Crippen LogP contribution in [0.3, 0.4) is 0 Å². The maximum atomic E-state index is 6.24. The van der Waals surface area contributed by atoms with E-state index in [0.717, 1.165) is 34.0 Å². The van der Waals surface area contributed by atoms with Crippen LogP contribution < -0.4 is 5.32 Å². The second-order valence-corrected chi connectivity index (χ2v) is 6.78. The Kier molecular flexibility index (Phi) is 5.56. The molecule has 0 spiro atoms. The third-order valence-electron chi connectivity index (χ3n) is 4.18. The normalized spacial score (nSPS) is 25.3. The molecule has 1 aromatic rings. The fourth-order valence-electron chi connectivity index (χ4n) is 3.04. The molecule has 2 rings (SSSR count). The van der Waals surface area contributed by atoms with E-state index in [2.05, 4.69) is 19.2 Å². The summed E-state index contributed by atoms with van der Waals surface area (Å²) in [5.74, 6) is 1.69. The first kappa shape index (κ1) is 15.2. The number of rotatable bonds is 4. The molecule has 0 radical (unpaired) electrons. The van der Waals surface area contributed by atoms with Gasteiger partial charge in [0.05, 0.1) is 0 Å². The number of nitrogens with one attached hydrogen (secondary N) is 1. The molecule has 0 aromatic heterocycles. The van der Waals surface area contributed by atoms with Gasteiger partial charge in [0, 0.05) is 16.1 Å². The van der Waals surface area contributed by atoms with Crippen molar-refractivity contribution in [1.82, 2.24) is 5.32 Å². The van der Waals surface area contributed by atoms with Crippen molar-refractivity contribution in [2.75, 3.05) is 6.54 Å². The Hall–Kier alpha value is -0.240. The molecular formula is C16H23Cl2N. The van der Waals surface area contributed by atoms with Crippen molar-refractivity contribution >= 4 is 23.2 Å². The van der Waals surface area contributed by atoms with Gasteiger partial charge in [-0.25, -0.2) is 0 Å². The molecule has 1 aliphatic carbocycles. The average Bonchev–Trinajstić information content (AvgIpc) is 2.39. The third-order valence-corrected chi connectivity index (χ3v) is 4.76. The van der Waals surface area contributed by atoms with E-state index < -0.39 is 0 Å². The molecule has 3 heteroatoms. The van der Waals surface area contributed by atoms with E-state index in [-0.39, 0.29) is 6.04 Å². The van der Waals surface area contributed by atoms with Gasteiger partial charge in [-0.3, -0.25) is 0 Å². The highest BCUT2D eigenvalue weighted by Crippen LogP contribution is 2.30. The predicted octanol–water partition coefficient (Wildman–Crippen LogP) is 5.47. The number of hydrogen-bond acceptors (Lipinski definition) is 1. The second-order valence-electron chi connectivity index (χ2n) is 5.93.